The number of rotatable bonds is 4. The average molecular weight is 582 g/mol. The summed E-state index contributed by atoms with van der Waals surface area (Å²) in [5.74, 6) is 1.90. The van der Waals surface area contributed by atoms with Gasteiger partial charge in [0.05, 0.1) is 0 Å². The van der Waals surface area contributed by atoms with Crippen LogP contribution in [0.4, 0.5) is 0 Å². The van der Waals surface area contributed by atoms with E-state index in [1.807, 2.05) is 60.7 Å². The number of hydrogen-bond donors (Lipinski definition) is 0. The summed E-state index contributed by atoms with van der Waals surface area (Å²) in [6, 6.07) is 48.1. The Hall–Kier alpha value is -5.65. The van der Waals surface area contributed by atoms with Crippen molar-refractivity contribution in [2.75, 3.05) is 0 Å². The van der Waals surface area contributed by atoms with Gasteiger partial charge in [0.2, 0.25) is 0 Å². The second-order valence-corrected chi connectivity index (χ2v) is 11.9. The van der Waals surface area contributed by atoms with Gasteiger partial charge < -0.3 is 4.42 Å². The monoisotopic (exact) mass is 581 g/mol. The van der Waals surface area contributed by atoms with Gasteiger partial charge in [0.25, 0.3) is 0 Å². The summed E-state index contributed by atoms with van der Waals surface area (Å²) in [5, 5.41) is 4.55. The SMILES string of the molecule is c1ccc(-c2ccc3sc4cc(-c5nc(-c6ccccc6)nc(-c6cccc7oc8ccccc8c67)n5)ccc4c3c2)cc1. The van der Waals surface area contributed by atoms with Crippen LogP contribution >= 0.6 is 11.3 Å². The molecule has 9 aromatic rings. The summed E-state index contributed by atoms with van der Waals surface area (Å²) in [7, 11) is 0. The standard InChI is InChI=1S/C39H23N3OS/c1-3-10-24(11-4-1)26-19-21-34-31(22-26)28-20-18-27(23-35(28)44-34)38-40-37(25-12-5-2-6-13-25)41-39(42-38)30-15-9-17-33-36(30)29-14-7-8-16-32(29)43-33/h1-23H. The summed E-state index contributed by atoms with van der Waals surface area (Å²) in [6.45, 7) is 0. The van der Waals surface area contributed by atoms with Crippen LogP contribution in [0, 0.1) is 0 Å². The number of benzene rings is 6. The first-order chi connectivity index (χ1) is 21.8. The number of nitrogens with zero attached hydrogens (tertiary/aromatic N) is 3. The van der Waals surface area contributed by atoms with Crippen molar-refractivity contribution in [3.63, 3.8) is 0 Å². The van der Waals surface area contributed by atoms with E-state index in [1.54, 1.807) is 11.3 Å². The predicted molar refractivity (Wildman–Crippen MR) is 182 cm³/mol. The summed E-state index contributed by atoms with van der Waals surface area (Å²) in [4.78, 5) is 15.1. The van der Waals surface area contributed by atoms with Crippen molar-refractivity contribution in [3.8, 4) is 45.3 Å². The van der Waals surface area contributed by atoms with Crippen molar-refractivity contribution < 1.29 is 4.42 Å². The molecule has 0 unspecified atom stereocenters. The Morgan fingerprint density at radius 1 is 0.409 bits per heavy atom. The van der Waals surface area contributed by atoms with E-state index < -0.39 is 0 Å². The molecule has 44 heavy (non-hydrogen) atoms. The smallest absolute Gasteiger partial charge is 0.164 e. The lowest BCUT2D eigenvalue weighted by Crippen LogP contribution is -2.00. The molecule has 0 N–H and O–H groups in total. The first-order valence-electron chi connectivity index (χ1n) is 14.5. The van der Waals surface area contributed by atoms with Crippen LogP contribution in [0.1, 0.15) is 0 Å². The maximum atomic E-state index is 6.19. The zero-order valence-electron chi connectivity index (χ0n) is 23.4. The maximum absolute atomic E-state index is 6.19. The first-order valence-corrected chi connectivity index (χ1v) is 15.3. The third-order valence-electron chi connectivity index (χ3n) is 8.15. The lowest BCUT2D eigenvalue weighted by molar-refractivity contribution is 0.669. The Balaban J connectivity index is 1.23. The van der Waals surface area contributed by atoms with Crippen LogP contribution in [0.25, 0.3) is 87.4 Å². The van der Waals surface area contributed by atoms with Gasteiger partial charge in [-0.2, -0.15) is 0 Å². The van der Waals surface area contributed by atoms with E-state index in [-0.39, 0.29) is 0 Å². The number of para-hydroxylation sites is 1. The molecule has 6 aromatic carbocycles. The van der Waals surface area contributed by atoms with Crippen LogP contribution in [0.5, 0.6) is 0 Å². The maximum Gasteiger partial charge on any atom is 0.164 e. The van der Waals surface area contributed by atoms with Gasteiger partial charge >= 0.3 is 0 Å². The average Bonchev–Trinajstić information content (AvgIpc) is 3.66. The van der Waals surface area contributed by atoms with Crippen LogP contribution < -0.4 is 0 Å². The van der Waals surface area contributed by atoms with Gasteiger partial charge in [-0.3, -0.25) is 0 Å². The van der Waals surface area contributed by atoms with E-state index in [0.29, 0.717) is 17.5 Å². The minimum atomic E-state index is 0.620. The highest BCUT2D eigenvalue weighted by Crippen LogP contribution is 2.39. The molecule has 5 heteroatoms. The molecular formula is C39H23N3OS. The molecule has 0 amide bonds. The van der Waals surface area contributed by atoms with Gasteiger partial charge in [-0.05, 0) is 41.5 Å². The molecule has 0 saturated carbocycles. The van der Waals surface area contributed by atoms with Crippen LogP contribution in [-0.2, 0) is 0 Å². The molecule has 0 fully saturated rings. The number of aromatic nitrogens is 3. The lowest BCUT2D eigenvalue weighted by atomic mass is 10.0. The van der Waals surface area contributed by atoms with E-state index in [0.717, 1.165) is 38.6 Å². The minimum absolute atomic E-state index is 0.620. The van der Waals surface area contributed by atoms with Crippen molar-refractivity contribution in [1.29, 1.82) is 0 Å². The highest BCUT2D eigenvalue weighted by molar-refractivity contribution is 7.25. The Morgan fingerprint density at radius 3 is 1.93 bits per heavy atom. The highest BCUT2D eigenvalue weighted by atomic mass is 32.1. The van der Waals surface area contributed by atoms with Gasteiger partial charge in [-0.25, -0.2) is 15.0 Å². The van der Waals surface area contributed by atoms with Crippen molar-refractivity contribution in [3.05, 3.63) is 140 Å². The molecule has 206 valence electrons. The fourth-order valence-electron chi connectivity index (χ4n) is 6.03. The molecule has 3 aromatic heterocycles. The fraction of sp³-hybridized carbons (Fsp3) is 0. The van der Waals surface area contributed by atoms with Crippen molar-refractivity contribution in [2.45, 2.75) is 0 Å². The first kappa shape index (κ1) is 24.9. The summed E-state index contributed by atoms with van der Waals surface area (Å²) in [6.07, 6.45) is 0. The second-order valence-electron chi connectivity index (χ2n) is 10.8. The van der Waals surface area contributed by atoms with Crippen LogP contribution in [-0.4, -0.2) is 15.0 Å². The summed E-state index contributed by atoms with van der Waals surface area (Å²) >= 11 is 1.80. The second kappa shape index (κ2) is 9.97. The number of hydrogen-bond acceptors (Lipinski definition) is 5. The quantitative estimate of drug-likeness (QED) is 0.207. The minimum Gasteiger partial charge on any atom is -0.456 e. The van der Waals surface area contributed by atoms with Crippen molar-refractivity contribution >= 4 is 53.4 Å². The molecular weight excluding hydrogens is 559 g/mol. The molecule has 3 heterocycles. The normalized spacial score (nSPS) is 11.6. The summed E-state index contributed by atoms with van der Waals surface area (Å²) in [5.41, 5.74) is 6.92. The molecule has 9 rings (SSSR count). The molecule has 0 spiro atoms. The third kappa shape index (κ3) is 4.09. The fourth-order valence-corrected chi connectivity index (χ4v) is 7.15. The largest absolute Gasteiger partial charge is 0.456 e. The Kier molecular flexibility index (Phi) is 5.64. The van der Waals surface area contributed by atoms with Gasteiger partial charge in [0.15, 0.2) is 17.5 Å². The topological polar surface area (TPSA) is 51.8 Å². The van der Waals surface area contributed by atoms with Crippen LogP contribution in [0.15, 0.2) is 144 Å². The molecule has 0 radical (unpaired) electrons. The molecule has 0 bridgehead atoms. The predicted octanol–water partition coefficient (Wildman–Crippen LogP) is 10.8. The van der Waals surface area contributed by atoms with Crippen molar-refractivity contribution in [2.24, 2.45) is 0 Å². The summed E-state index contributed by atoms with van der Waals surface area (Å²) < 4.78 is 8.65. The van der Waals surface area contributed by atoms with Gasteiger partial charge in [-0.15, -0.1) is 11.3 Å². The highest BCUT2D eigenvalue weighted by Gasteiger charge is 2.18. The lowest BCUT2D eigenvalue weighted by Gasteiger charge is -2.09. The Labute approximate surface area is 256 Å². The number of fused-ring (bicyclic) bond motifs is 6. The molecule has 0 aliphatic carbocycles. The molecule has 0 atom stereocenters. The van der Waals surface area contributed by atoms with E-state index in [4.69, 9.17) is 19.4 Å². The zero-order valence-corrected chi connectivity index (χ0v) is 24.3. The van der Waals surface area contributed by atoms with Crippen LogP contribution in [0.2, 0.25) is 0 Å². The van der Waals surface area contributed by atoms with Gasteiger partial charge in [0.1, 0.15) is 11.2 Å². The van der Waals surface area contributed by atoms with Gasteiger partial charge in [0, 0.05) is 47.6 Å². The van der Waals surface area contributed by atoms with E-state index in [1.165, 1.54) is 31.3 Å². The van der Waals surface area contributed by atoms with Gasteiger partial charge in [-0.1, -0.05) is 109 Å². The third-order valence-corrected chi connectivity index (χ3v) is 9.28. The molecule has 0 aliphatic heterocycles. The number of furan rings is 1. The van der Waals surface area contributed by atoms with E-state index in [2.05, 4.69) is 78.9 Å². The molecule has 0 saturated heterocycles. The Bertz CT molecular complexity index is 2500. The number of thiophene rings is 1. The molecule has 0 aliphatic rings. The Morgan fingerprint density at radius 2 is 1.09 bits per heavy atom. The van der Waals surface area contributed by atoms with E-state index in [9.17, 15) is 0 Å². The van der Waals surface area contributed by atoms with E-state index >= 15 is 0 Å². The van der Waals surface area contributed by atoms with Crippen molar-refractivity contribution in [1.82, 2.24) is 15.0 Å². The molecule has 4 nitrogen and oxygen atoms in total. The zero-order chi connectivity index (χ0) is 29.0. The van der Waals surface area contributed by atoms with Crippen LogP contribution in [0.3, 0.4) is 0 Å².